The van der Waals surface area contributed by atoms with E-state index in [0.29, 0.717) is 0 Å². The van der Waals surface area contributed by atoms with E-state index in [2.05, 4.69) is 0 Å². The Morgan fingerprint density at radius 2 is 0.864 bits per heavy atom. The molecule has 0 saturated carbocycles. The van der Waals surface area contributed by atoms with Crippen LogP contribution in [0.5, 0.6) is 0 Å². The quantitative estimate of drug-likeness (QED) is 0.0346. The first-order valence-electron chi connectivity index (χ1n) is 26.9. The molecule has 0 aromatic carbocycles. The highest BCUT2D eigenvalue weighted by atomic mass is 16.8. The van der Waals surface area contributed by atoms with Crippen LogP contribution in [0.15, 0.2) is 0 Å². The van der Waals surface area contributed by atoms with E-state index in [1.807, 2.05) is 0 Å². The molecule has 6 fully saturated rings. The van der Waals surface area contributed by atoms with Crippen molar-refractivity contribution in [2.75, 3.05) is 72.7 Å². The molecule has 0 aromatic rings. The topological polar surface area (TPSA) is 503 Å². The van der Waals surface area contributed by atoms with Crippen LogP contribution in [0.3, 0.4) is 0 Å². The Balaban J connectivity index is 1.28. The van der Waals surface area contributed by atoms with Crippen LogP contribution in [0.25, 0.3) is 0 Å². The Kier molecular flexibility index (Phi) is 27.2. The van der Waals surface area contributed by atoms with Crippen LogP contribution in [0.4, 0.5) is 0 Å². The molecular weight excluding hydrogens is 1100 g/mol. The van der Waals surface area contributed by atoms with Gasteiger partial charge in [-0.2, -0.15) is 0 Å². The normalized spacial score (nSPS) is 46.0. The fraction of sp³-hybridized carbons (Fsp3) is 1.00. The maximum absolute atomic E-state index is 12.0. The van der Waals surface area contributed by atoms with Gasteiger partial charge in [-0.1, -0.05) is 0 Å². The molecule has 6 aliphatic heterocycles. The van der Waals surface area contributed by atoms with Gasteiger partial charge >= 0.3 is 0 Å². The SMILES string of the molecule is CC(O)COCC1O[C@H](OCC2O[C@@H](O[C@H]3C(CO)OCC(O)[C@@H]3O)C(O)[C@H](OCC(C)O)[C@H]2O[C@@H]2OC(COCC(C)OCC(C)O)[C@H](O[C@@H]3OC(CO[C@H]4OC(CO)[C@H](O)[C@@H](O)C4O)C[C@@H](O)C3O)[C@@H](O)C2O)C(O)[C@H](O)[C@H]1O. The number of ether oxygens (including phenoxy) is 15. The second-order valence-corrected chi connectivity index (χ2v) is 21.3. The van der Waals surface area contributed by atoms with Gasteiger partial charge in [-0.3, -0.25) is 0 Å². The van der Waals surface area contributed by atoms with E-state index in [9.17, 15) is 91.9 Å². The van der Waals surface area contributed by atoms with Gasteiger partial charge in [0.05, 0.1) is 109 Å². The summed E-state index contributed by atoms with van der Waals surface area (Å²) in [7, 11) is 0. The van der Waals surface area contributed by atoms with Crippen molar-refractivity contribution in [2.45, 2.75) is 230 Å². The molecule has 6 rings (SSSR count). The van der Waals surface area contributed by atoms with Crippen LogP contribution in [0.2, 0.25) is 0 Å². The lowest BCUT2D eigenvalue weighted by molar-refractivity contribution is -0.390. The third-order valence-corrected chi connectivity index (χ3v) is 14.2. The Hall–Kier alpha value is -1.32. The highest BCUT2D eigenvalue weighted by molar-refractivity contribution is 4.99. The van der Waals surface area contributed by atoms with Gasteiger partial charge in [0, 0.05) is 6.42 Å². The van der Waals surface area contributed by atoms with Crippen molar-refractivity contribution >= 4 is 0 Å². The highest BCUT2D eigenvalue weighted by Gasteiger charge is 2.56. The predicted octanol–water partition coefficient (Wildman–Crippen LogP) is -10.8. The molecule has 32 atom stereocenters. The molecule has 6 heterocycles. The predicted molar refractivity (Wildman–Crippen MR) is 258 cm³/mol. The first-order valence-corrected chi connectivity index (χ1v) is 26.9. The summed E-state index contributed by atoms with van der Waals surface area (Å²) in [5.41, 5.74) is 0. The molecule has 81 heavy (non-hydrogen) atoms. The average Bonchev–Trinajstić information content (AvgIpc) is 3.55. The Morgan fingerprint density at radius 1 is 0.383 bits per heavy atom. The summed E-state index contributed by atoms with van der Waals surface area (Å²) in [5.74, 6) is 0. The molecule has 0 amide bonds. The lowest BCUT2D eigenvalue weighted by atomic mass is 9.95. The Bertz CT molecular complexity index is 1780. The Labute approximate surface area is 465 Å². The van der Waals surface area contributed by atoms with Gasteiger partial charge in [0.1, 0.15) is 128 Å². The maximum Gasteiger partial charge on any atom is 0.187 e. The van der Waals surface area contributed by atoms with Crippen LogP contribution in [-0.4, -0.2) is 361 Å². The molecule has 0 spiro atoms. The average molecular weight is 1190 g/mol. The van der Waals surface area contributed by atoms with Crippen molar-refractivity contribution < 1.29 is 163 Å². The maximum atomic E-state index is 12.0. The minimum Gasteiger partial charge on any atom is -0.394 e. The number of hydrogen-bond donors (Lipinski definition) is 18. The molecule has 6 aliphatic rings. The molecule has 0 aromatic heterocycles. The summed E-state index contributed by atoms with van der Waals surface area (Å²) in [4.78, 5) is 0. The van der Waals surface area contributed by atoms with Crippen LogP contribution in [0.1, 0.15) is 34.1 Å². The summed E-state index contributed by atoms with van der Waals surface area (Å²) in [6, 6.07) is 0. The van der Waals surface area contributed by atoms with Crippen LogP contribution in [0, 0.1) is 0 Å². The van der Waals surface area contributed by atoms with Gasteiger partial charge in [0.2, 0.25) is 0 Å². The number of hydrogen-bond acceptors (Lipinski definition) is 33. The van der Waals surface area contributed by atoms with Gasteiger partial charge in [-0.05, 0) is 27.7 Å². The van der Waals surface area contributed by atoms with Crippen LogP contribution in [-0.2, 0) is 71.1 Å². The van der Waals surface area contributed by atoms with Crippen molar-refractivity contribution in [1.82, 2.24) is 0 Å². The second kappa shape index (κ2) is 32.1. The van der Waals surface area contributed by atoms with Gasteiger partial charge in [0.15, 0.2) is 31.5 Å². The largest absolute Gasteiger partial charge is 0.394 e. The summed E-state index contributed by atoms with van der Waals surface area (Å²) in [5, 5.41) is 193. The van der Waals surface area contributed by atoms with Crippen molar-refractivity contribution in [2.24, 2.45) is 0 Å². The van der Waals surface area contributed by atoms with Gasteiger partial charge in [-0.25, -0.2) is 0 Å². The summed E-state index contributed by atoms with van der Waals surface area (Å²) >= 11 is 0. The molecule has 33 nitrogen and oxygen atoms in total. The molecule has 16 unspecified atom stereocenters. The van der Waals surface area contributed by atoms with E-state index in [-0.39, 0.29) is 26.2 Å². The zero-order valence-electron chi connectivity index (χ0n) is 45.1. The van der Waals surface area contributed by atoms with E-state index in [4.69, 9.17) is 71.1 Å². The monoisotopic (exact) mass is 1190 g/mol. The molecule has 6 saturated heterocycles. The van der Waals surface area contributed by atoms with E-state index in [0.717, 1.165) is 0 Å². The number of rotatable bonds is 28. The fourth-order valence-electron chi connectivity index (χ4n) is 9.69. The van der Waals surface area contributed by atoms with E-state index in [1.54, 1.807) is 6.92 Å². The van der Waals surface area contributed by atoms with Crippen LogP contribution < -0.4 is 0 Å². The Morgan fingerprint density at radius 3 is 1.47 bits per heavy atom. The molecule has 0 aliphatic carbocycles. The first kappa shape index (κ1) is 68.8. The summed E-state index contributed by atoms with van der Waals surface area (Å²) < 4.78 is 87.9. The molecule has 18 N–H and O–H groups in total. The zero-order valence-corrected chi connectivity index (χ0v) is 45.1. The van der Waals surface area contributed by atoms with Crippen LogP contribution >= 0.6 is 0 Å². The fourth-order valence-corrected chi connectivity index (χ4v) is 9.69. The third-order valence-electron chi connectivity index (χ3n) is 14.2. The third kappa shape index (κ3) is 18.1. The summed E-state index contributed by atoms with van der Waals surface area (Å²) in [6.07, 6.45) is -52.3. The smallest absolute Gasteiger partial charge is 0.187 e. The standard InChI is InChI=1S/C48H86O33/c1-17(51)8-67-14-26-32(59)34(61)37(64)45(76-26)73-16-28-42(43(71-10-19(3)53)39(66)48(78-28)79-40-25(7-50)70-13-23(55)29(40)56)81-47-38(65)35(62)41(27(77-47)15-68-11-20(4)69-9-18(2)52)80-46-30(57)22(54)5-21(74-46)12-72-44-36(63)33(60)31(58)24(6-49)75-44/h17-66H,5-16H2,1-4H3/t17?,18?,19?,20?,21?,22-,23?,24?,25?,26?,27?,28?,29+,30?,31+,32+,33-,34-,35+,36?,37?,38?,39?,40+,41+,42+,43+,44+,45+,46+,47+,48+/m1/s1. The lowest BCUT2D eigenvalue weighted by Gasteiger charge is -2.50. The number of aliphatic hydroxyl groups is 18. The van der Waals surface area contributed by atoms with Gasteiger partial charge < -0.3 is 163 Å². The van der Waals surface area contributed by atoms with E-state index < -0.39 is 249 Å². The van der Waals surface area contributed by atoms with E-state index in [1.165, 1.54) is 20.8 Å². The summed E-state index contributed by atoms with van der Waals surface area (Å²) in [6.45, 7) is 0.706. The van der Waals surface area contributed by atoms with Crippen molar-refractivity contribution in [1.29, 1.82) is 0 Å². The minimum absolute atomic E-state index is 0.0752. The zero-order chi connectivity index (χ0) is 59.6. The van der Waals surface area contributed by atoms with Gasteiger partial charge in [-0.15, -0.1) is 0 Å². The molecule has 0 bridgehead atoms. The minimum atomic E-state index is -2.18. The van der Waals surface area contributed by atoms with Crippen molar-refractivity contribution in [3.63, 3.8) is 0 Å². The number of aliphatic hydroxyl groups excluding tert-OH is 18. The molecule has 0 radical (unpaired) electrons. The molecular formula is C48H86O33. The first-order chi connectivity index (χ1) is 38.3. The molecule has 476 valence electrons. The van der Waals surface area contributed by atoms with Crippen molar-refractivity contribution in [3.05, 3.63) is 0 Å². The second-order valence-electron chi connectivity index (χ2n) is 21.3. The van der Waals surface area contributed by atoms with Crippen molar-refractivity contribution in [3.8, 4) is 0 Å². The highest BCUT2D eigenvalue weighted by Crippen LogP contribution is 2.36. The van der Waals surface area contributed by atoms with Gasteiger partial charge in [0.25, 0.3) is 0 Å². The molecule has 33 heteroatoms. The lowest BCUT2D eigenvalue weighted by Crippen LogP contribution is -2.67. The van der Waals surface area contributed by atoms with E-state index >= 15 is 0 Å².